The van der Waals surface area contributed by atoms with E-state index < -0.39 is 11.7 Å². The number of fused-ring (bicyclic) bond motifs is 1. The predicted octanol–water partition coefficient (Wildman–Crippen LogP) is 4.93. The zero-order valence-electron chi connectivity index (χ0n) is 18.0. The van der Waals surface area contributed by atoms with Crippen LogP contribution in [0.1, 0.15) is 31.4 Å². The highest BCUT2D eigenvalue weighted by molar-refractivity contribution is 6.02. The Kier molecular flexibility index (Phi) is 6.23. The SMILES string of the molecule is CCN(CC)[C@H]1CCN(C2=NCCOc3ccc(-c4ccc(C(F)(F)F)cc4)cc32)C1. The third-order valence-corrected chi connectivity index (χ3v) is 6.17. The molecule has 0 aromatic heterocycles. The van der Waals surface area contributed by atoms with Crippen molar-refractivity contribution in [3.8, 4) is 16.9 Å². The molecule has 0 aliphatic carbocycles. The van der Waals surface area contributed by atoms with Crippen LogP contribution in [0.4, 0.5) is 13.2 Å². The Bertz CT molecular complexity index is 936. The minimum absolute atomic E-state index is 0.503. The van der Waals surface area contributed by atoms with E-state index in [1.54, 1.807) is 0 Å². The second-order valence-corrected chi connectivity index (χ2v) is 7.95. The molecular formula is C24H28F3N3O. The maximum atomic E-state index is 12.9. The van der Waals surface area contributed by atoms with Gasteiger partial charge >= 0.3 is 6.18 Å². The Morgan fingerprint density at radius 1 is 1.06 bits per heavy atom. The van der Waals surface area contributed by atoms with E-state index in [4.69, 9.17) is 9.73 Å². The van der Waals surface area contributed by atoms with Crippen LogP contribution in [0, 0.1) is 0 Å². The van der Waals surface area contributed by atoms with Crippen molar-refractivity contribution < 1.29 is 17.9 Å². The summed E-state index contributed by atoms with van der Waals surface area (Å²) in [5, 5.41) is 0. The first-order valence-electron chi connectivity index (χ1n) is 10.9. The first kappa shape index (κ1) is 21.7. The van der Waals surface area contributed by atoms with Crippen LogP contribution in [0.3, 0.4) is 0 Å². The van der Waals surface area contributed by atoms with E-state index in [2.05, 4.69) is 23.6 Å². The fourth-order valence-corrected chi connectivity index (χ4v) is 4.50. The Balaban J connectivity index is 1.63. The Hall–Kier alpha value is -2.54. The lowest BCUT2D eigenvalue weighted by molar-refractivity contribution is -0.137. The molecule has 2 heterocycles. The summed E-state index contributed by atoms with van der Waals surface area (Å²) in [6.07, 6.45) is -3.24. The fourth-order valence-electron chi connectivity index (χ4n) is 4.50. The highest BCUT2D eigenvalue weighted by Gasteiger charge is 2.31. The average Bonchev–Trinajstić information content (AvgIpc) is 3.14. The number of likely N-dealkylation sites (tertiary alicyclic amines) is 1. The van der Waals surface area contributed by atoms with Crippen LogP contribution in [-0.2, 0) is 6.18 Å². The van der Waals surface area contributed by atoms with Crippen LogP contribution in [0.5, 0.6) is 5.75 Å². The van der Waals surface area contributed by atoms with Gasteiger partial charge in [0.2, 0.25) is 0 Å². The van der Waals surface area contributed by atoms with E-state index >= 15 is 0 Å². The summed E-state index contributed by atoms with van der Waals surface area (Å²) in [5.74, 6) is 1.70. The lowest BCUT2D eigenvalue weighted by Gasteiger charge is -2.27. The van der Waals surface area contributed by atoms with Crippen LogP contribution in [-0.4, -0.2) is 61.0 Å². The monoisotopic (exact) mass is 431 g/mol. The van der Waals surface area contributed by atoms with E-state index in [-0.39, 0.29) is 0 Å². The molecular weight excluding hydrogens is 403 g/mol. The quantitative estimate of drug-likeness (QED) is 0.687. The number of amidine groups is 1. The van der Waals surface area contributed by atoms with E-state index in [1.165, 1.54) is 12.1 Å². The van der Waals surface area contributed by atoms with Crippen LogP contribution >= 0.6 is 0 Å². The molecule has 166 valence electrons. The van der Waals surface area contributed by atoms with Gasteiger partial charge in [-0.1, -0.05) is 32.0 Å². The number of aliphatic imine (C=N–C) groups is 1. The molecule has 4 nitrogen and oxygen atoms in total. The van der Waals surface area contributed by atoms with Gasteiger partial charge in [0.05, 0.1) is 17.7 Å². The molecule has 2 aliphatic rings. The van der Waals surface area contributed by atoms with Crippen molar-refractivity contribution in [3.63, 3.8) is 0 Å². The molecule has 0 amide bonds. The van der Waals surface area contributed by atoms with Crippen LogP contribution in [0.25, 0.3) is 11.1 Å². The molecule has 0 unspecified atom stereocenters. The number of ether oxygens (including phenoxy) is 1. The molecule has 1 atom stereocenters. The number of nitrogens with zero attached hydrogens (tertiary/aromatic N) is 3. The van der Waals surface area contributed by atoms with Gasteiger partial charge in [-0.15, -0.1) is 0 Å². The van der Waals surface area contributed by atoms with Crippen LogP contribution in [0.2, 0.25) is 0 Å². The molecule has 0 radical (unpaired) electrons. The second-order valence-electron chi connectivity index (χ2n) is 7.95. The van der Waals surface area contributed by atoms with Crippen LogP contribution < -0.4 is 4.74 Å². The van der Waals surface area contributed by atoms with E-state index in [0.29, 0.717) is 19.2 Å². The van der Waals surface area contributed by atoms with Gasteiger partial charge in [-0.2, -0.15) is 13.2 Å². The van der Waals surface area contributed by atoms with Gasteiger partial charge in [-0.3, -0.25) is 9.89 Å². The average molecular weight is 432 g/mol. The number of halogens is 3. The van der Waals surface area contributed by atoms with E-state index in [1.807, 2.05) is 18.2 Å². The van der Waals surface area contributed by atoms with Gasteiger partial charge in [-0.25, -0.2) is 0 Å². The van der Waals surface area contributed by atoms with Crippen molar-refractivity contribution in [2.45, 2.75) is 32.5 Å². The highest BCUT2D eigenvalue weighted by Crippen LogP contribution is 2.33. The van der Waals surface area contributed by atoms with Gasteiger partial charge in [0.1, 0.15) is 18.2 Å². The number of benzene rings is 2. The van der Waals surface area contributed by atoms with E-state index in [0.717, 1.165) is 73.0 Å². The molecule has 7 heteroatoms. The Labute approximate surface area is 181 Å². The molecule has 4 rings (SSSR count). The third-order valence-electron chi connectivity index (χ3n) is 6.17. The first-order valence-corrected chi connectivity index (χ1v) is 10.9. The number of rotatable bonds is 4. The van der Waals surface area contributed by atoms with Crippen molar-refractivity contribution >= 4 is 5.84 Å². The van der Waals surface area contributed by atoms with Crippen LogP contribution in [0.15, 0.2) is 47.5 Å². The van der Waals surface area contributed by atoms with E-state index in [9.17, 15) is 13.2 Å². The highest BCUT2D eigenvalue weighted by atomic mass is 19.4. The van der Waals surface area contributed by atoms with Gasteiger partial charge < -0.3 is 9.64 Å². The predicted molar refractivity (Wildman–Crippen MR) is 117 cm³/mol. The maximum Gasteiger partial charge on any atom is 0.416 e. The topological polar surface area (TPSA) is 28.1 Å². The zero-order valence-corrected chi connectivity index (χ0v) is 18.0. The smallest absolute Gasteiger partial charge is 0.416 e. The standard InChI is InChI=1S/C24H28F3N3O/c1-3-29(4-2)20-11-13-30(16-20)23-21-15-18(7-10-22(21)31-14-12-28-23)17-5-8-19(9-6-17)24(25,26)27/h5-10,15,20H,3-4,11-14,16H2,1-2H3/t20-/m0/s1. The third kappa shape index (κ3) is 4.56. The number of hydrogen-bond donors (Lipinski definition) is 0. The molecule has 31 heavy (non-hydrogen) atoms. The van der Waals surface area contributed by atoms with Crippen molar-refractivity contribution in [2.24, 2.45) is 4.99 Å². The number of hydrogen-bond acceptors (Lipinski definition) is 4. The van der Waals surface area contributed by atoms with Crippen molar-refractivity contribution in [2.75, 3.05) is 39.3 Å². The molecule has 2 aromatic rings. The number of alkyl halides is 3. The molecule has 0 saturated carbocycles. The summed E-state index contributed by atoms with van der Waals surface area (Å²) in [4.78, 5) is 9.63. The molecule has 2 aliphatic heterocycles. The minimum atomic E-state index is -4.34. The lowest BCUT2D eigenvalue weighted by Crippen LogP contribution is -2.38. The Morgan fingerprint density at radius 2 is 1.77 bits per heavy atom. The molecule has 0 bridgehead atoms. The zero-order chi connectivity index (χ0) is 22.0. The molecule has 1 fully saturated rings. The first-order chi connectivity index (χ1) is 14.9. The molecule has 2 aromatic carbocycles. The lowest BCUT2D eigenvalue weighted by atomic mass is 10.00. The summed E-state index contributed by atoms with van der Waals surface area (Å²) < 4.78 is 44.7. The van der Waals surface area contributed by atoms with Crippen molar-refractivity contribution in [3.05, 3.63) is 53.6 Å². The van der Waals surface area contributed by atoms with Crippen molar-refractivity contribution in [1.82, 2.24) is 9.80 Å². The summed E-state index contributed by atoms with van der Waals surface area (Å²) in [6, 6.07) is 11.6. The summed E-state index contributed by atoms with van der Waals surface area (Å²) in [6.45, 7) is 9.39. The fraction of sp³-hybridized carbons (Fsp3) is 0.458. The van der Waals surface area contributed by atoms with Gasteiger partial charge in [0, 0.05) is 19.1 Å². The number of likely N-dealkylation sites (N-methyl/N-ethyl adjacent to an activating group) is 1. The maximum absolute atomic E-state index is 12.9. The van der Waals surface area contributed by atoms with Gasteiger partial charge in [0.25, 0.3) is 0 Å². The summed E-state index contributed by atoms with van der Waals surface area (Å²) in [7, 11) is 0. The minimum Gasteiger partial charge on any atom is -0.491 e. The molecule has 0 N–H and O–H groups in total. The van der Waals surface area contributed by atoms with Gasteiger partial charge in [0.15, 0.2) is 0 Å². The second kappa shape index (κ2) is 8.91. The summed E-state index contributed by atoms with van der Waals surface area (Å²) >= 11 is 0. The Morgan fingerprint density at radius 3 is 2.45 bits per heavy atom. The largest absolute Gasteiger partial charge is 0.491 e. The summed E-state index contributed by atoms with van der Waals surface area (Å²) in [5.41, 5.74) is 1.86. The van der Waals surface area contributed by atoms with Crippen molar-refractivity contribution in [1.29, 1.82) is 0 Å². The molecule has 1 saturated heterocycles. The normalized spacial score (nSPS) is 19.1. The molecule has 0 spiro atoms. The van der Waals surface area contributed by atoms with Gasteiger partial charge in [-0.05, 0) is 54.9 Å².